The van der Waals surface area contributed by atoms with Crippen molar-refractivity contribution in [2.75, 3.05) is 6.61 Å². The molecule has 2 saturated carbocycles. The Kier molecular flexibility index (Phi) is 3.58. The minimum atomic E-state index is -3.28. The maximum Gasteiger partial charge on any atom is 0.374 e. The molecule has 0 saturated heterocycles. The van der Waals surface area contributed by atoms with Crippen LogP contribution in [0.5, 0.6) is 0 Å². The van der Waals surface area contributed by atoms with Crippen LogP contribution >= 0.6 is 0 Å². The van der Waals surface area contributed by atoms with Crippen molar-refractivity contribution in [3.05, 3.63) is 0 Å². The third-order valence-electron chi connectivity index (χ3n) is 3.35. The molecule has 0 aromatic rings. The van der Waals surface area contributed by atoms with Gasteiger partial charge in [0.25, 0.3) is 0 Å². The molecule has 3 atom stereocenters. The number of halogens is 2. The Balaban J connectivity index is 1.78. The van der Waals surface area contributed by atoms with E-state index in [1.54, 1.807) is 0 Å². The number of esters is 2. The fourth-order valence-corrected chi connectivity index (χ4v) is 2.54. The topological polar surface area (TPSA) is 69.7 Å². The van der Waals surface area contributed by atoms with E-state index in [1.165, 1.54) is 0 Å². The Hall–Kier alpha value is -1.53. The van der Waals surface area contributed by atoms with E-state index in [0.717, 1.165) is 12.8 Å². The first-order valence-electron chi connectivity index (χ1n) is 5.67. The van der Waals surface area contributed by atoms with Crippen LogP contribution in [0.15, 0.2) is 0 Å². The number of hydrogen-bond donors (Lipinski definition) is 0. The molecular formula is C11H12F2O5. The zero-order valence-electron chi connectivity index (χ0n) is 9.43. The molecule has 0 spiro atoms. The van der Waals surface area contributed by atoms with E-state index in [9.17, 15) is 23.2 Å². The standard InChI is InChI=1S/C11H12F2O5/c12-10(13)11(16)17-4-7(14)18-9-6-2-1-5(3-6)8(9)15/h5-6,9-10H,1-4H2. The molecule has 0 heterocycles. The lowest BCUT2D eigenvalue weighted by Gasteiger charge is -2.20. The highest BCUT2D eigenvalue weighted by molar-refractivity contribution is 5.91. The van der Waals surface area contributed by atoms with Crippen molar-refractivity contribution in [3.63, 3.8) is 0 Å². The van der Waals surface area contributed by atoms with Crippen LogP contribution in [0, 0.1) is 11.8 Å². The van der Waals surface area contributed by atoms with Crippen molar-refractivity contribution in [2.24, 2.45) is 11.8 Å². The third kappa shape index (κ3) is 2.49. The lowest BCUT2D eigenvalue weighted by Crippen LogP contribution is -2.34. The highest BCUT2D eigenvalue weighted by Crippen LogP contribution is 2.43. The Morgan fingerprint density at radius 1 is 1.33 bits per heavy atom. The summed E-state index contributed by atoms with van der Waals surface area (Å²) < 4.78 is 32.5. The molecule has 2 aliphatic carbocycles. The van der Waals surface area contributed by atoms with Crippen LogP contribution in [0.4, 0.5) is 8.78 Å². The first-order valence-corrected chi connectivity index (χ1v) is 5.67. The quantitative estimate of drug-likeness (QED) is 0.698. The molecule has 2 aliphatic rings. The van der Waals surface area contributed by atoms with E-state index >= 15 is 0 Å². The molecule has 18 heavy (non-hydrogen) atoms. The fourth-order valence-electron chi connectivity index (χ4n) is 2.54. The number of hydrogen-bond acceptors (Lipinski definition) is 5. The van der Waals surface area contributed by atoms with Crippen LogP contribution in [-0.2, 0) is 23.9 Å². The molecule has 2 fully saturated rings. The number of alkyl halides is 2. The maximum absolute atomic E-state index is 11.8. The lowest BCUT2D eigenvalue weighted by molar-refractivity contribution is -0.171. The summed E-state index contributed by atoms with van der Waals surface area (Å²) in [5.41, 5.74) is 0. The molecule has 0 aromatic carbocycles. The number of Topliss-reactive ketones (excluding diaryl/α,β-unsaturated/α-hetero) is 1. The Labute approximate surface area is 101 Å². The Morgan fingerprint density at radius 2 is 2.06 bits per heavy atom. The zero-order valence-corrected chi connectivity index (χ0v) is 9.43. The van der Waals surface area contributed by atoms with Gasteiger partial charge in [-0.1, -0.05) is 0 Å². The summed E-state index contributed by atoms with van der Waals surface area (Å²) in [5.74, 6) is -2.87. The van der Waals surface area contributed by atoms with Crippen molar-refractivity contribution in [2.45, 2.75) is 31.8 Å². The van der Waals surface area contributed by atoms with Gasteiger partial charge in [0.15, 0.2) is 18.5 Å². The van der Waals surface area contributed by atoms with Crippen molar-refractivity contribution >= 4 is 17.7 Å². The van der Waals surface area contributed by atoms with Gasteiger partial charge in [-0.2, -0.15) is 8.78 Å². The predicted molar refractivity (Wildman–Crippen MR) is 52.7 cm³/mol. The van der Waals surface area contributed by atoms with E-state index in [2.05, 4.69) is 4.74 Å². The second-order valence-electron chi connectivity index (χ2n) is 4.49. The number of ether oxygens (including phenoxy) is 2. The molecule has 0 aliphatic heterocycles. The van der Waals surface area contributed by atoms with Crippen LogP contribution in [0.1, 0.15) is 19.3 Å². The van der Waals surface area contributed by atoms with Crippen LogP contribution in [0.2, 0.25) is 0 Å². The van der Waals surface area contributed by atoms with Gasteiger partial charge in [0.2, 0.25) is 0 Å². The van der Waals surface area contributed by atoms with Crippen LogP contribution in [0.3, 0.4) is 0 Å². The average Bonchev–Trinajstić information content (AvgIpc) is 2.89. The second kappa shape index (κ2) is 4.99. The summed E-state index contributed by atoms with van der Waals surface area (Å²) in [6, 6.07) is 0. The van der Waals surface area contributed by atoms with E-state index in [-0.39, 0.29) is 17.6 Å². The Morgan fingerprint density at radius 3 is 2.61 bits per heavy atom. The lowest BCUT2D eigenvalue weighted by atomic mass is 9.96. The number of rotatable bonds is 4. The first-order chi connectivity index (χ1) is 8.49. The van der Waals surface area contributed by atoms with Gasteiger partial charge >= 0.3 is 18.4 Å². The van der Waals surface area contributed by atoms with E-state index in [4.69, 9.17) is 4.74 Å². The van der Waals surface area contributed by atoms with Gasteiger partial charge in [0.05, 0.1) is 0 Å². The normalized spacial score (nSPS) is 29.7. The molecule has 2 rings (SSSR count). The molecule has 7 heteroatoms. The molecule has 0 amide bonds. The molecule has 2 bridgehead atoms. The van der Waals surface area contributed by atoms with Crippen LogP contribution in [-0.4, -0.2) is 36.9 Å². The summed E-state index contributed by atoms with van der Waals surface area (Å²) >= 11 is 0. The van der Waals surface area contributed by atoms with E-state index in [1.807, 2.05) is 0 Å². The summed E-state index contributed by atoms with van der Waals surface area (Å²) in [4.78, 5) is 33.3. The van der Waals surface area contributed by atoms with Crippen molar-refractivity contribution in [1.82, 2.24) is 0 Å². The van der Waals surface area contributed by atoms with Gasteiger partial charge in [-0.3, -0.25) is 4.79 Å². The van der Waals surface area contributed by atoms with Crippen molar-refractivity contribution < 1.29 is 32.6 Å². The largest absolute Gasteiger partial charge is 0.452 e. The monoisotopic (exact) mass is 262 g/mol. The minimum Gasteiger partial charge on any atom is -0.452 e. The van der Waals surface area contributed by atoms with Crippen molar-refractivity contribution in [3.8, 4) is 0 Å². The smallest absolute Gasteiger partial charge is 0.374 e. The SMILES string of the molecule is O=C(COC(=O)C(F)F)OC1C(=O)C2CCC1C2. The summed E-state index contributed by atoms with van der Waals surface area (Å²) in [6.07, 6.45) is -1.71. The summed E-state index contributed by atoms with van der Waals surface area (Å²) in [6.45, 7) is -0.885. The first kappa shape index (κ1) is 12.9. The van der Waals surface area contributed by atoms with Gasteiger partial charge in [-0.15, -0.1) is 0 Å². The van der Waals surface area contributed by atoms with Crippen molar-refractivity contribution in [1.29, 1.82) is 0 Å². The fraction of sp³-hybridized carbons (Fsp3) is 0.727. The summed E-state index contributed by atoms with van der Waals surface area (Å²) in [7, 11) is 0. The molecule has 100 valence electrons. The van der Waals surface area contributed by atoms with Gasteiger partial charge in [0.1, 0.15) is 0 Å². The molecule has 5 nitrogen and oxygen atoms in total. The highest BCUT2D eigenvalue weighted by Gasteiger charge is 2.49. The number of fused-ring (bicyclic) bond motifs is 2. The van der Waals surface area contributed by atoms with E-state index < -0.39 is 31.1 Å². The van der Waals surface area contributed by atoms with Gasteiger partial charge < -0.3 is 9.47 Å². The second-order valence-corrected chi connectivity index (χ2v) is 4.49. The molecular weight excluding hydrogens is 250 g/mol. The average molecular weight is 262 g/mol. The molecule has 0 N–H and O–H groups in total. The molecule has 3 unspecified atom stereocenters. The third-order valence-corrected chi connectivity index (χ3v) is 3.35. The predicted octanol–water partition coefficient (Wildman–Crippen LogP) is 0.706. The Bertz CT molecular complexity index is 382. The van der Waals surface area contributed by atoms with Gasteiger partial charge in [-0.25, -0.2) is 9.59 Å². The minimum absolute atomic E-state index is 0.0252. The summed E-state index contributed by atoms with van der Waals surface area (Å²) in [5, 5.41) is 0. The van der Waals surface area contributed by atoms with Gasteiger partial charge in [-0.05, 0) is 19.3 Å². The number of carbonyl (C=O) groups is 3. The number of carbonyl (C=O) groups excluding carboxylic acids is 3. The maximum atomic E-state index is 11.8. The highest BCUT2D eigenvalue weighted by atomic mass is 19.3. The van der Waals surface area contributed by atoms with Crippen LogP contribution in [0.25, 0.3) is 0 Å². The zero-order chi connectivity index (χ0) is 13.3. The number of ketones is 1. The van der Waals surface area contributed by atoms with Crippen LogP contribution < -0.4 is 0 Å². The van der Waals surface area contributed by atoms with Gasteiger partial charge in [0, 0.05) is 11.8 Å². The molecule has 0 radical (unpaired) electrons. The molecule has 0 aromatic heterocycles. The van der Waals surface area contributed by atoms with E-state index in [0.29, 0.717) is 6.42 Å².